The molecule has 3 N–H and O–H groups in total. The van der Waals surface area contributed by atoms with Gasteiger partial charge in [-0.1, -0.05) is 11.8 Å². The van der Waals surface area contributed by atoms with Crippen LogP contribution in [0.15, 0.2) is 5.16 Å². The molecule has 4 aliphatic carbocycles. The first-order valence-electron chi connectivity index (χ1n) is 10.1. The molecular weight excluding hydrogens is 362 g/mol. The molecule has 1 aromatic heterocycles. The Bertz CT molecular complexity index is 696. The highest BCUT2D eigenvalue weighted by Gasteiger charge is 2.51. The Morgan fingerprint density at radius 1 is 1.19 bits per heavy atom. The van der Waals surface area contributed by atoms with E-state index in [4.69, 9.17) is 5.73 Å². The van der Waals surface area contributed by atoms with Crippen molar-refractivity contribution in [2.75, 3.05) is 5.75 Å². The van der Waals surface area contributed by atoms with Crippen molar-refractivity contribution in [3.05, 3.63) is 5.82 Å². The van der Waals surface area contributed by atoms with Gasteiger partial charge in [0.1, 0.15) is 5.82 Å². The van der Waals surface area contributed by atoms with Crippen molar-refractivity contribution in [3.8, 4) is 0 Å². The average molecular weight is 392 g/mol. The Hall–Kier alpha value is -1.57. The van der Waals surface area contributed by atoms with Gasteiger partial charge in [-0.2, -0.15) is 0 Å². The third-order valence-corrected chi connectivity index (χ3v) is 7.45. The summed E-state index contributed by atoms with van der Waals surface area (Å²) in [4.78, 5) is 23.7. The van der Waals surface area contributed by atoms with Crippen LogP contribution in [0.2, 0.25) is 0 Å². The van der Waals surface area contributed by atoms with Gasteiger partial charge in [0.15, 0.2) is 5.16 Å². The van der Waals surface area contributed by atoms with Crippen LogP contribution in [0.3, 0.4) is 0 Å². The molecule has 2 amide bonds. The molecule has 5 rings (SSSR count). The lowest BCUT2D eigenvalue weighted by Crippen LogP contribution is -2.60. The van der Waals surface area contributed by atoms with Gasteiger partial charge in [-0.05, 0) is 63.2 Å². The Labute approximate surface area is 164 Å². The largest absolute Gasteiger partial charge is 0.370 e. The van der Waals surface area contributed by atoms with E-state index in [0.717, 1.165) is 28.7 Å². The second-order valence-electron chi connectivity index (χ2n) is 8.64. The summed E-state index contributed by atoms with van der Waals surface area (Å²) in [6.07, 6.45) is 8.35. The van der Waals surface area contributed by atoms with E-state index >= 15 is 0 Å². The molecule has 0 aromatic carbocycles. The SMILES string of the molecule is CCn1c(CCC(N)=O)nnc1SCC(=O)NC12CC3CC(CC(C3)C1)C2. The van der Waals surface area contributed by atoms with Crippen LogP contribution in [-0.4, -0.2) is 37.9 Å². The van der Waals surface area contributed by atoms with E-state index < -0.39 is 0 Å². The van der Waals surface area contributed by atoms with Gasteiger partial charge in [-0.3, -0.25) is 9.59 Å². The number of primary amides is 1. The third-order valence-electron chi connectivity index (χ3n) is 6.48. The van der Waals surface area contributed by atoms with E-state index in [-0.39, 0.29) is 23.8 Å². The molecule has 4 saturated carbocycles. The second-order valence-corrected chi connectivity index (χ2v) is 9.59. The van der Waals surface area contributed by atoms with Crippen molar-refractivity contribution in [1.82, 2.24) is 20.1 Å². The number of thioether (sulfide) groups is 1. The molecule has 4 aliphatic rings. The molecular formula is C19H29N5O2S. The first kappa shape index (κ1) is 18.8. The molecule has 0 aliphatic heterocycles. The van der Waals surface area contributed by atoms with Gasteiger partial charge in [0.05, 0.1) is 5.75 Å². The summed E-state index contributed by atoms with van der Waals surface area (Å²) in [6, 6.07) is 0. The molecule has 1 aromatic rings. The Balaban J connectivity index is 1.34. The number of amides is 2. The van der Waals surface area contributed by atoms with Crippen molar-refractivity contribution in [2.45, 2.75) is 75.5 Å². The zero-order valence-electron chi connectivity index (χ0n) is 15.9. The number of carbonyl (C=O) groups excluding carboxylic acids is 2. The number of carbonyl (C=O) groups is 2. The van der Waals surface area contributed by atoms with Gasteiger partial charge in [-0.25, -0.2) is 0 Å². The quantitative estimate of drug-likeness (QED) is 0.659. The van der Waals surface area contributed by atoms with E-state index in [9.17, 15) is 9.59 Å². The molecule has 4 fully saturated rings. The lowest BCUT2D eigenvalue weighted by atomic mass is 9.53. The van der Waals surface area contributed by atoms with E-state index in [1.54, 1.807) is 0 Å². The molecule has 7 nitrogen and oxygen atoms in total. The van der Waals surface area contributed by atoms with E-state index in [2.05, 4.69) is 15.5 Å². The van der Waals surface area contributed by atoms with Crippen molar-refractivity contribution >= 4 is 23.6 Å². The van der Waals surface area contributed by atoms with Crippen molar-refractivity contribution in [3.63, 3.8) is 0 Å². The van der Waals surface area contributed by atoms with Crippen LogP contribution in [0.25, 0.3) is 0 Å². The zero-order valence-corrected chi connectivity index (χ0v) is 16.8. The zero-order chi connectivity index (χ0) is 19.0. The standard InChI is InChI=1S/C19H29N5O2S/c1-2-24-16(4-3-15(20)25)22-23-18(24)27-11-17(26)21-19-8-12-5-13(9-19)7-14(6-12)10-19/h12-14H,2-11H2,1H3,(H2,20,25)(H,21,26). The molecule has 0 spiro atoms. The second kappa shape index (κ2) is 7.45. The molecule has 0 atom stereocenters. The monoisotopic (exact) mass is 391 g/mol. The number of hydrogen-bond donors (Lipinski definition) is 2. The highest BCUT2D eigenvalue weighted by Crippen LogP contribution is 2.55. The van der Waals surface area contributed by atoms with Gasteiger partial charge in [-0.15, -0.1) is 10.2 Å². The number of aromatic nitrogens is 3. The van der Waals surface area contributed by atoms with Crippen LogP contribution >= 0.6 is 11.8 Å². The average Bonchev–Trinajstić information content (AvgIpc) is 2.98. The number of nitrogens with zero attached hydrogens (tertiary/aromatic N) is 3. The summed E-state index contributed by atoms with van der Waals surface area (Å²) in [5.74, 6) is 3.33. The Morgan fingerprint density at radius 2 is 1.81 bits per heavy atom. The fraction of sp³-hybridized carbons (Fsp3) is 0.789. The van der Waals surface area contributed by atoms with Crippen LogP contribution in [0.1, 0.15) is 57.7 Å². The normalized spacial score (nSPS) is 31.2. The number of nitrogens with one attached hydrogen (secondary N) is 1. The minimum atomic E-state index is -0.343. The van der Waals surface area contributed by atoms with E-state index in [1.165, 1.54) is 50.3 Å². The van der Waals surface area contributed by atoms with E-state index in [1.807, 2.05) is 11.5 Å². The molecule has 1 heterocycles. The van der Waals surface area contributed by atoms with Crippen LogP contribution in [-0.2, 0) is 22.6 Å². The topological polar surface area (TPSA) is 103 Å². The third kappa shape index (κ3) is 4.00. The highest BCUT2D eigenvalue weighted by atomic mass is 32.2. The summed E-state index contributed by atoms with van der Waals surface area (Å²) >= 11 is 1.42. The number of nitrogens with two attached hydrogens (primary N) is 1. The minimum absolute atomic E-state index is 0.0530. The Kier molecular flexibility index (Phi) is 5.18. The first-order valence-corrected chi connectivity index (χ1v) is 11.1. The van der Waals surface area contributed by atoms with Crippen molar-refractivity contribution in [1.29, 1.82) is 0 Å². The molecule has 0 unspecified atom stereocenters. The van der Waals surface area contributed by atoms with Gasteiger partial charge in [0, 0.05) is 24.9 Å². The highest BCUT2D eigenvalue weighted by molar-refractivity contribution is 7.99. The summed E-state index contributed by atoms with van der Waals surface area (Å²) in [5.41, 5.74) is 5.28. The van der Waals surface area contributed by atoms with E-state index in [0.29, 0.717) is 18.7 Å². The van der Waals surface area contributed by atoms with Gasteiger partial charge in [0.25, 0.3) is 0 Å². The lowest BCUT2D eigenvalue weighted by Gasteiger charge is -2.56. The van der Waals surface area contributed by atoms with Gasteiger partial charge < -0.3 is 15.6 Å². The molecule has 27 heavy (non-hydrogen) atoms. The maximum atomic E-state index is 12.7. The summed E-state index contributed by atoms with van der Waals surface area (Å²) in [7, 11) is 0. The molecule has 0 radical (unpaired) electrons. The summed E-state index contributed by atoms with van der Waals surface area (Å²) in [6.45, 7) is 2.72. The molecule has 8 heteroatoms. The van der Waals surface area contributed by atoms with Crippen LogP contribution < -0.4 is 11.1 Å². The minimum Gasteiger partial charge on any atom is -0.370 e. The summed E-state index contributed by atoms with van der Waals surface area (Å²) in [5, 5.41) is 12.5. The number of rotatable bonds is 8. The molecule has 0 saturated heterocycles. The molecule has 148 valence electrons. The number of aryl methyl sites for hydroxylation is 1. The molecule has 4 bridgehead atoms. The van der Waals surface area contributed by atoms with Gasteiger partial charge in [0.2, 0.25) is 11.8 Å². The van der Waals surface area contributed by atoms with Crippen LogP contribution in [0.5, 0.6) is 0 Å². The fourth-order valence-electron chi connectivity index (χ4n) is 5.89. The van der Waals surface area contributed by atoms with Gasteiger partial charge >= 0.3 is 0 Å². The fourth-order valence-corrected chi connectivity index (χ4v) is 6.71. The van der Waals surface area contributed by atoms with Crippen LogP contribution in [0.4, 0.5) is 0 Å². The maximum Gasteiger partial charge on any atom is 0.230 e. The smallest absolute Gasteiger partial charge is 0.230 e. The first-order chi connectivity index (χ1) is 13.0. The predicted molar refractivity (Wildman–Crippen MR) is 103 cm³/mol. The predicted octanol–water partition coefficient (Wildman–Crippen LogP) is 1.89. The van der Waals surface area contributed by atoms with Crippen molar-refractivity contribution < 1.29 is 9.59 Å². The summed E-state index contributed by atoms with van der Waals surface area (Å²) < 4.78 is 1.96. The maximum absolute atomic E-state index is 12.7. The van der Waals surface area contributed by atoms with Crippen molar-refractivity contribution in [2.24, 2.45) is 23.5 Å². The number of hydrogen-bond acceptors (Lipinski definition) is 5. The van der Waals surface area contributed by atoms with Crippen LogP contribution in [0, 0.1) is 17.8 Å². The Morgan fingerprint density at radius 3 is 2.37 bits per heavy atom. The lowest BCUT2D eigenvalue weighted by molar-refractivity contribution is -0.124.